The molecule has 0 unspecified atom stereocenters. The van der Waals surface area contributed by atoms with Gasteiger partial charge >= 0.3 is 0 Å². The monoisotopic (exact) mass is 238 g/mol. The summed E-state index contributed by atoms with van der Waals surface area (Å²) >= 11 is 5.64. The highest BCUT2D eigenvalue weighted by Crippen LogP contribution is 2.40. The number of halogens is 2. The zero-order valence-corrected chi connectivity index (χ0v) is 8.87. The van der Waals surface area contributed by atoms with Crippen molar-refractivity contribution in [3.63, 3.8) is 0 Å². The molecule has 0 radical (unpaired) electrons. The Hall–Kier alpha value is -1.74. The minimum absolute atomic E-state index is 0.0440. The lowest BCUT2D eigenvalue weighted by atomic mass is 10.0. The van der Waals surface area contributed by atoms with Crippen LogP contribution in [0.25, 0.3) is 11.1 Å². The van der Waals surface area contributed by atoms with Gasteiger partial charge in [-0.1, -0.05) is 29.8 Å². The SMILES string of the molecule is Oc1cc(Cl)cc(O)c1-c1ccccc1F. The summed E-state index contributed by atoms with van der Waals surface area (Å²) in [6.07, 6.45) is 0. The normalized spacial score (nSPS) is 10.4. The van der Waals surface area contributed by atoms with Gasteiger partial charge in [-0.3, -0.25) is 0 Å². The van der Waals surface area contributed by atoms with Crippen molar-refractivity contribution in [3.05, 3.63) is 47.2 Å². The molecule has 0 spiro atoms. The average Bonchev–Trinajstić information content (AvgIpc) is 2.19. The molecule has 0 aliphatic rings. The Morgan fingerprint density at radius 1 is 1.00 bits per heavy atom. The number of phenols is 2. The van der Waals surface area contributed by atoms with Crippen LogP contribution in [0, 0.1) is 5.82 Å². The molecule has 4 heteroatoms. The van der Waals surface area contributed by atoms with Crippen LogP contribution in [0.3, 0.4) is 0 Å². The van der Waals surface area contributed by atoms with E-state index in [0.717, 1.165) is 0 Å². The second kappa shape index (κ2) is 4.02. The topological polar surface area (TPSA) is 40.5 Å². The third-order valence-electron chi connectivity index (χ3n) is 2.20. The fourth-order valence-electron chi connectivity index (χ4n) is 1.52. The quantitative estimate of drug-likeness (QED) is 0.798. The van der Waals surface area contributed by atoms with E-state index in [-0.39, 0.29) is 27.6 Å². The Morgan fingerprint density at radius 3 is 2.12 bits per heavy atom. The molecule has 0 saturated heterocycles. The minimum Gasteiger partial charge on any atom is -0.507 e. The Kier molecular flexibility index (Phi) is 2.71. The van der Waals surface area contributed by atoms with Crippen LogP contribution in [0.1, 0.15) is 0 Å². The highest BCUT2D eigenvalue weighted by Gasteiger charge is 2.14. The highest BCUT2D eigenvalue weighted by molar-refractivity contribution is 6.31. The molecule has 0 aliphatic heterocycles. The molecule has 2 aromatic rings. The summed E-state index contributed by atoms with van der Waals surface area (Å²) in [5, 5.41) is 19.5. The van der Waals surface area contributed by atoms with Gasteiger partial charge in [0.1, 0.15) is 17.3 Å². The van der Waals surface area contributed by atoms with E-state index in [0.29, 0.717) is 0 Å². The van der Waals surface area contributed by atoms with Gasteiger partial charge < -0.3 is 10.2 Å². The third-order valence-corrected chi connectivity index (χ3v) is 2.42. The minimum atomic E-state index is -0.518. The molecule has 2 nitrogen and oxygen atoms in total. The number of hydrogen-bond acceptors (Lipinski definition) is 2. The molecule has 0 atom stereocenters. The first kappa shape index (κ1) is 10.8. The van der Waals surface area contributed by atoms with Gasteiger partial charge in [0.15, 0.2) is 0 Å². The molecule has 0 amide bonds. The Balaban J connectivity index is 2.70. The van der Waals surface area contributed by atoms with E-state index in [1.807, 2.05) is 0 Å². The van der Waals surface area contributed by atoms with Gasteiger partial charge in [0, 0.05) is 10.6 Å². The van der Waals surface area contributed by atoms with Crippen LogP contribution in [0.5, 0.6) is 11.5 Å². The number of rotatable bonds is 1. The first-order chi connectivity index (χ1) is 7.59. The van der Waals surface area contributed by atoms with Crippen LogP contribution in [-0.4, -0.2) is 10.2 Å². The van der Waals surface area contributed by atoms with E-state index in [1.54, 1.807) is 6.07 Å². The van der Waals surface area contributed by atoms with Gasteiger partial charge in [0.25, 0.3) is 0 Å². The van der Waals surface area contributed by atoms with E-state index in [9.17, 15) is 14.6 Å². The van der Waals surface area contributed by atoms with Crippen LogP contribution >= 0.6 is 11.6 Å². The number of phenolic OH excluding ortho intramolecular Hbond substituents is 2. The lowest BCUT2D eigenvalue weighted by Gasteiger charge is -2.08. The zero-order chi connectivity index (χ0) is 11.7. The molecule has 2 rings (SSSR count). The van der Waals surface area contributed by atoms with Crippen molar-refractivity contribution in [3.8, 4) is 22.6 Å². The van der Waals surface area contributed by atoms with Gasteiger partial charge in [-0.25, -0.2) is 4.39 Å². The molecule has 0 bridgehead atoms. The Morgan fingerprint density at radius 2 is 1.56 bits per heavy atom. The Bertz CT molecular complexity index is 517. The smallest absolute Gasteiger partial charge is 0.131 e. The zero-order valence-electron chi connectivity index (χ0n) is 8.11. The summed E-state index contributed by atoms with van der Waals surface area (Å²) in [4.78, 5) is 0. The largest absolute Gasteiger partial charge is 0.507 e. The molecule has 2 N–H and O–H groups in total. The van der Waals surface area contributed by atoms with Crippen molar-refractivity contribution in [1.82, 2.24) is 0 Å². The fourth-order valence-corrected chi connectivity index (χ4v) is 1.73. The van der Waals surface area contributed by atoms with Gasteiger partial charge in [-0.2, -0.15) is 0 Å². The van der Waals surface area contributed by atoms with Crippen LogP contribution in [-0.2, 0) is 0 Å². The van der Waals surface area contributed by atoms with Gasteiger partial charge in [0.2, 0.25) is 0 Å². The maximum absolute atomic E-state index is 13.5. The summed E-state index contributed by atoms with van der Waals surface area (Å²) < 4.78 is 13.5. The van der Waals surface area contributed by atoms with Crippen molar-refractivity contribution in [2.24, 2.45) is 0 Å². The molecular weight excluding hydrogens is 231 g/mol. The predicted molar refractivity (Wildman–Crippen MR) is 60.2 cm³/mol. The fraction of sp³-hybridized carbons (Fsp3) is 0. The van der Waals surface area contributed by atoms with Crippen molar-refractivity contribution in [1.29, 1.82) is 0 Å². The molecule has 0 aromatic heterocycles. The van der Waals surface area contributed by atoms with Crippen LogP contribution in [0.2, 0.25) is 5.02 Å². The maximum Gasteiger partial charge on any atom is 0.131 e. The predicted octanol–water partition coefficient (Wildman–Crippen LogP) is 3.56. The standard InChI is InChI=1S/C12H8ClFO2/c13-7-5-10(15)12(11(16)6-7)8-3-1-2-4-9(8)14/h1-6,15-16H. The summed E-state index contributed by atoms with van der Waals surface area (Å²) in [6.45, 7) is 0. The molecular formula is C12H8ClFO2. The lowest BCUT2D eigenvalue weighted by Crippen LogP contribution is -1.85. The number of hydrogen-bond donors (Lipinski definition) is 2. The molecule has 0 saturated carbocycles. The van der Waals surface area contributed by atoms with E-state index in [1.165, 1.54) is 30.3 Å². The lowest BCUT2D eigenvalue weighted by molar-refractivity contribution is 0.453. The van der Waals surface area contributed by atoms with E-state index in [4.69, 9.17) is 11.6 Å². The van der Waals surface area contributed by atoms with Crippen molar-refractivity contribution >= 4 is 11.6 Å². The van der Waals surface area contributed by atoms with Crippen LogP contribution < -0.4 is 0 Å². The number of benzene rings is 2. The van der Waals surface area contributed by atoms with E-state index >= 15 is 0 Å². The molecule has 82 valence electrons. The molecule has 2 aromatic carbocycles. The summed E-state index contributed by atoms with van der Waals surface area (Å²) in [5.41, 5.74) is 0.177. The van der Waals surface area contributed by atoms with Gasteiger partial charge in [-0.15, -0.1) is 0 Å². The number of aromatic hydroxyl groups is 2. The first-order valence-electron chi connectivity index (χ1n) is 4.56. The van der Waals surface area contributed by atoms with Crippen LogP contribution in [0.4, 0.5) is 4.39 Å². The van der Waals surface area contributed by atoms with Crippen molar-refractivity contribution in [2.45, 2.75) is 0 Å². The van der Waals surface area contributed by atoms with Crippen LogP contribution in [0.15, 0.2) is 36.4 Å². The third kappa shape index (κ3) is 1.82. The molecule has 0 aliphatic carbocycles. The highest BCUT2D eigenvalue weighted by atomic mass is 35.5. The average molecular weight is 239 g/mol. The van der Waals surface area contributed by atoms with Crippen molar-refractivity contribution < 1.29 is 14.6 Å². The first-order valence-corrected chi connectivity index (χ1v) is 4.94. The van der Waals surface area contributed by atoms with Crippen molar-refractivity contribution in [2.75, 3.05) is 0 Å². The van der Waals surface area contributed by atoms with Gasteiger partial charge in [-0.05, 0) is 18.2 Å². The molecule has 0 fully saturated rings. The second-order valence-electron chi connectivity index (χ2n) is 3.30. The molecule has 0 heterocycles. The van der Waals surface area contributed by atoms with E-state index in [2.05, 4.69) is 0 Å². The summed E-state index contributed by atoms with van der Waals surface area (Å²) in [5.74, 6) is -1.03. The molecule has 16 heavy (non-hydrogen) atoms. The Labute approximate surface area is 96.5 Å². The summed E-state index contributed by atoms with van der Waals surface area (Å²) in [6, 6.07) is 8.38. The summed E-state index contributed by atoms with van der Waals surface area (Å²) in [7, 11) is 0. The second-order valence-corrected chi connectivity index (χ2v) is 3.74. The van der Waals surface area contributed by atoms with Gasteiger partial charge in [0.05, 0.1) is 5.56 Å². The maximum atomic E-state index is 13.5. The van der Waals surface area contributed by atoms with E-state index < -0.39 is 5.82 Å².